The van der Waals surface area contributed by atoms with Crippen molar-refractivity contribution < 1.29 is 0 Å². The minimum Gasteiger partial charge on any atom is -0.335 e. The van der Waals surface area contributed by atoms with Crippen LogP contribution in [0, 0.1) is 0 Å². The third-order valence-corrected chi connectivity index (χ3v) is 3.40. The van der Waals surface area contributed by atoms with Crippen LogP contribution in [0.25, 0.3) is 0 Å². The number of hydrogen-bond acceptors (Lipinski definition) is 2. The van der Waals surface area contributed by atoms with Gasteiger partial charge in [0.15, 0.2) is 0 Å². The molecule has 0 spiro atoms. The van der Waals surface area contributed by atoms with Crippen LogP contribution in [0.15, 0.2) is 37.4 Å². The Morgan fingerprint density at radius 2 is 1.69 bits per heavy atom. The van der Waals surface area contributed by atoms with Crippen molar-refractivity contribution in [3.63, 3.8) is 0 Å². The first kappa shape index (κ1) is 10.9. The Hall–Kier alpha value is -1.58. The average molecular weight is 218 g/mol. The van der Waals surface area contributed by atoms with Crippen LogP contribution in [0.2, 0.25) is 0 Å². The van der Waals surface area contributed by atoms with Gasteiger partial charge in [0.25, 0.3) is 0 Å². The normalized spacial score (nSPS) is 11.9. The van der Waals surface area contributed by atoms with E-state index in [1.165, 1.54) is 0 Å². The summed E-state index contributed by atoms with van der Waals surface area (Å²) in [6.45, 7) is 5.39. The van der Waals surface area contributed by atoms with E-state index >= 15 is 0 Å². The van der Waals surface area contributed by atoms with Crippen molar-refractivity contribution >= 4 is 0 Å². The monoisotopic (exact) mass is 218 g/mol. The van der Waals surface area contributed by atoms with Gasteiger partial charge in [-0.15, -0.1) is 0 Å². The first-order valence-electron chi connectivity index (χ1n) is 5.75. The molecule has 0 bridgehead atoms. The van der Waals surface area contributed by atoms with E-state index < -0.39 is 0 Å². The van der Waals surface area contributed by atoms with Crippen molar-refractivity contribution in [2.24, 2.45) is 0 Å². The highest BCUT2D eigenvalue weighted by atomic mass is 15.1. The smallest absolute Gasteiger partial charge is 0.0951 e. The van der Waals surface area contributed by atoms with E-state index in [-0.39, 0.29) is 5.54 Å². The largest absolute Gasteiger partial charge is 0.335 e. The van der Waals surface area contributed by atoms with Crippen molar-refractivity contribution in [3.8, 4) is 0 Å². The Labute approximate surface area is 96.0 Å². The summed E-state index contributed by atoms with van der Waals surface area (Å²) in [5.74, 6) is 0. The lowest BCUT2D eigenvalue weighted by molar-refractivity contribution is 0.220. The summed E-state index contributed by atoms with van der Waals surface area (Å²) in [5, 5.41) is 0. The molecule has 16 heavy (non-hydrogen) atoms. The van der Waals surface area contributed by atoms with Gasteiger partial charge in [-0.05, 0) is 12.8 Å². The summed E-state index contributed by atoms with van der Waals surface area (Å²) in [7, 11) is 0. The number of hydrogen-bond donors (Lipinski definition) is 0. The van der Waals surface area contributed by atoms with Gasteiger partial charge >= 0.3 is 0 Å². The van der Waals surface area contributed by atoms with Crippen molar-refractivity contribution in [2.45, 2.75) is 38.8 Å². The summed E-state index contributed by atoms with van der Waals surface area (Å²) in [5.41, 5.74) is 0.108. The second kappa shape index (κ2) is 4.51. The van der Waals surface area contributed by atoms with Crippen LogP contribution in [0.1, 0.15) is 26.7 Å². The summed E-state index contributed by atoms with van der Waals surface area (Å²) in [4.78, 5) is 8.25. The zero-order valence-corrected chi connectivity index (χ0v) is 9.87. The molecule has 0 radical (unpaired) electrons. The molecule has 86 valence electrons. The maximum absolute atomic E-state index is 4.15. The molecule has 2 aromatic heterocycles. The highest BCUT2D eigenvalue weighted by Crippen LogP contribution is 2.27. The highest BCUT2D eigenvalue weighted by Gasteiger charge is 2.28. The van der Waals surface area contributed by atoms with E-state index in [4.69, 9.17) is 0 Å². The fourth-order valence-electron chi connectivity index (χ4n) is 2.18. The molecule has 0 atom stereocenters. The summed E-state index contributed by atoms with van der Waals surface area (Å²) in [6, 6.07) is 0. The first-order chi connectivity index (χ1) is 7.80. The molecule has 0 aromatic carbocycles. The van der Waals surface area contributed by atoms with Crippen LogP contribution >= 0.6 is 0 Å². The van der Waals surface area contributed by atoms with E-state index in [2.05, 4.69) is 32.9 Å². The van der Waals surface area contributed by atoms with Gasteiger partial charge in [0.1, 0.15) is 0 Å². The number of nitrogens with zero attached hydrogens (tertiary/aromatic N) is 4. The third kappa shape index (κ3) is 1.87. The Morgan fingerprint density at radius 1 is 1.00 bits per heavy atom. The zero-order valence-electron chi connectivity index (χ0n) is 9.87. The molecule has 0 amide bonds. The Kier molecular flexibility index (Phi) is 3.08. The molecule has 0 unspecified atom stereocenters. The minimum atomic E-state index is 0.108. The van der Waals surface area contributed by atoms with Crippen molar-refractivity contribution in [3.05, 3.63) is 37.4 Å². The molecule has 0 aliphatic rings. The molecule has 2 heterocycles. The Bertz CT molecular complexity index is 398. The summed E-state index contributed by atoms with van der Waals surface area (Å²) < 4.78 is 4.35. The Balaban J connectivity index is 2.28. The molecule has 0 saturated heterocycles. The van der Waals surface area contributed by atoms with Crippen LogP contribution in [-0.4, -0.2) is 19.1 Å². The molecule has 4 nitrogen and oxygen atoms in total. The SMILES string of the molecule is CCC(CC)(Cn1ccnc1)n1ccnc1. The van der Waals surface area contributed by atoms with Gasteiger partial charge in [-0.3, -0.25) is 0 Å². The summed E-state index contributed by atoms with van der Waals surface area (Å²) in [6.07, 6.45) is 13.7. The van der Waals surface area contributed by atoms with Gasteiger partial charge in [-0.25, -0.2) is 9.97 Å². The van der Waals surface area contributed by atoms with Crippen LogP contribution in [0.3, 0.4) is 0 Å². The predicted octanol–water partition coefficient (Wildman–Crippen LogP) is 2.30. The molecule has 4 heteroatoms. The fourth-order valence-corrected chi connectivity index (χ4v) is 2.18. The van der Waals surface area contributed by atoms with E-state index in [0.717, 1.165) is 19.4 Å². The lowest BCUT2D eigenvalue weighted by atomic mass is 9.92. The van der Waals surface area contributed by atoms with Gasteiger partial charge in [-0.1, -0.05) is 13.8 Å². The van der Waals surface area contributed by atoms with Crippen LogP contribution in [-0.2, 0) is 12.1 Å². The molecule has 2 rings (SSSR count). The number of rotatable bonds is 5. The molecule has 0 fully saturated rings. The van der Waals surface area contributed by atoms with E-state index in [1.54, 1.807) is 0 Å². The zero-order chi connectivity index (χ0) is 11.4. The van der Waals surface area contributed by atoms with Gasteiger partial charge in [-0.2, -0.15) is 0 Å². The van der Waals surface area contributed by atoms with Crippen molar-refractivity contribution in [2.75, 3.05) is 0 Å². The standard InChI is InChI=1S/C12H18N4/c1-3-12(4-2,16-8-6-14-11-16)9-15-7-5-13-10-15/h5-8,10-11H,3-4,9H2,1-2H3. The van der Waals surface area contributed by atoms with Gasteiger partial charge < -0.3 is 9.13 Å². The van der Waals surface area contributed by atoms with Crippen molar-refractivity contribution in [1.29, 1.82) is 0 Å². The lowest BCUT2D eigenvalue weighted by Crippen LogP contribution is -2.36. The molecular weight excluding hydrogens is 200 g/mol. The van der Waals surface area contributed by atoms with Crippen LogP contribution in [0.5, 0.6) is 0 Å². The average Bonchev–Trinajstić information content (AvgIpc) is 2.99. The quantitative estimate of drug-likeness (QED) is 0.772. The van der Waals surface area contributed by atoms with E-state index in [9.17, 15) is 0 Å². The molecule has 0 aliphatic carbocycles. The van der Waals surface area contributed by atoms with Gasteiger partial charge in [0.05, 0.1) is 18.2 Å². The highest BCUT2D eigenvalue weighted by molar-refractivity contribution is 4.92. The molecular formula is C12H18N4. The molecule has 0 saturated carbocycles. The number of imidazole rings is 2. The second-order valence-corrected chi connectivity index (χ2v) is 4.14. The maximum Gasteiger partial charge on any atom is 0.0951 e. The topological polar surface area (TPSA) is 35.6 Å². The van der Waals surface area contributed by atoms with Crippen LogP contribution in [0.4, 0.5) is 0 Å². The fraction of sp³-hybridized carbons (Fsp3) is 0.500. The molecule has 0 aliphatic heterocycles. The van der Waals surface area contributed by atoms with Gasteiger partial charge in [0.2, 0.25) is 0 Å². The summed E-state index contributed by atoms with van der Waals surface area (Å²) >= 11 is 0. The number of aromatic nitrogens is 4. The van der Waals surface area contributed by atoms with E-state index in [1.807, 2.05) is 37.4 Å². The van der Waals surface area contributed by atoms with Crippen molar-refractivity contribution in [1.82, 2.24) is 19.1 Å². The third-order valence-electron chi connectivity index (χ3n) is 3.40. The molecule has 0 N–H and O–H groups in total. The molecule has 2 aromatic rings. The second-order valence-electron chi connectivity index (χ2n) is 4.14. The van der Waals surface area contributed by atoms with Gasteiger partial charge in [0, 0.05) is 31.3 Å². The lowest BCUT2D eigenvalue weighted by Gasteiger charge is -2.33. The first-order valence-corrected chi connectivity index (χ1v) is 5.75. The van der Waals surface area contributed by atoms with E-state index in [0.29, 0.717) is 0 Å². The minimum absolute atomic E-state index is 0.108. The Morgan fingerprint density at radius 3 is 2.19 bits per heavy atom. The van der Waals surface area contributed by atoms with Crippen LogP contribution < -0.4 is 0 Å². The maximum atomic E-state index is 4.15. The predicted molar refractivity (Wildman–Crippen MR) is 63.0 cm³/mol.